The average Bonchev–Trinajstić information content (AvgIpc) is 3.41. The molecule has 0 saturated carbocycles. The van der Waals surface area contributed by atoms with E-state index in [1.165, 1.54) is 12.8 Å². The Morgan fingerprint density at radius 2 is 2.11 bits per heavy atom. The smallest absolute Gasteiger partial charge is 0.227 e. The molecule has 7 heteroatoms. The molecule has 0 spiro atoms. The number of aryl methyl sites for hydroxylation is 2. The maximum atomic E-state index is 12.7. The second-order valence-electron chi connectivity index (χ2n) is 7.37. The van der Waals surface area contributed by atoms with Crippen molar-refractivity contribution >= 4 is 11.7 Å². The predicted octanol–water partition coefficient (Wildman–Crippen LogP) is 2.51. The molecule has 2 aliphatic rings. The van der Waals surface area contributed by atoms with Gasteiger partial charge in [0.15, 0.2) is 11.6 Å². The topological polar surface area (TPSA) is 71.7 Å². The fraction of sp³-hybridized carbons (Fsp3) is 0.550. The van der Waals surface area contributed by atoms with E-state index in [0.717, 1.165) is 48.1 Å². The van der Waals surface area contributed by atoms with E-state index in [4.69, 9.17) is 9.26 Å². The van der Waals surface area contributed by atoms with Crippen LogP contribution in [-0.4, -0.2) is 53.2 Å². The Morgan fingerprint density at radius 3 is 2.85 bits per heavy atom. The minimum Gasteiger partial charge on any atom is -0.485 e. The first-order valence-corrected chi connectivity index (χ1v) is 9.68. The molecule has 1 unspecified atom stereocenters. The molecule has 1 atom stereocenters. The third kappa shape index (κ3) is 3.77. The van der Waals surface area contributed by atoms with Gasteiger partial charge in [-0.1, -0.05) is 5.16 Å². The number of carbonyl (C=O) groups excluding carboxylic acids is 1. The molecule has 4 heterocycles. The summed E-state index contributed by atoms with van der Waals surface area (Å²) in [5.41, 5.74) is 1.69. The lowest BCUT2D eigenvalue weighted by molar-refractivity contribution is -0.129. The normalized spacial score (nSPS) is 19.7. The van der Waals surface area contributed by atoms with Gasteiger partial charge in [0, 0.05) is 37.8 Å². The SMILES string of the molecule is Cc1noc(C)c1CC(=O)N1CCC(Oc2cccnc2N2CCCC2)C1. The van der Waals surface area contributed by atoms with E-state index in [-0.39, 0.29) is 12.0 Å². The van der Waals surface area contributed by atoms with Crippen LogP contribution >= 0.6 is 0 Å². The van der Waals surface area contributed by atoms with E-state index in [9.17, 15) is 4.79 Å². The van der Waals surface area contributed by atoms with Crippen molar-refractivity contribution in [2.24, 2.45) is 0 Å². The molecule has 144 valence electrons. The van der Waals surface area contributed by atoms with E-state index in [0.29, 0.717) is 19.5 Å². The number of hydrogen-bond acceptors (Lipinski definition) is 6. The van der Waals surface area contributed by atoms with Crippen molar-refractivity contribution in [3.8, 4) is 5.75 Å². The number of aromatic nitrogens is 2. The van der Waals surface area contributed by atoms with Gasteiger partial charge in [-0.2, -0.15) is 0 Å². The second kappa shape index (κ2) is 7.58. The first-order valence-electron chi connectivity index (χ1n) is 9.68. The summed E-state index contributed by atoms with van der Waals surface area (Å²) in [6.45, 7) is 7.10. The highest BCUT2D eigenvalue weighted by atomic mass is 16.5. The third-order valence-corrected chi connectivity index (χ3v) is 5.46. The quantitative estimate of drug-likeness (QED) is 0.805. The molecule has 0 bridgehead atoms. The molecule has 1 amide bonds. The van der Waals surface area contributed by atoms with Gasteiger partial charge in [-0.3, -0.25) is 4.79 Å². The van der Waals surface area contributed by atoms with Crippen molar-refractivity contribution in [2.45, 2.75) is 45.6 Å². The Morgan fingerprint density at radius 1 is 1.30 bits per heavy atom. The Hall–Kier alpha value is -2.57. The Labute approximate surface area is 159 Å². The predicted molar refractivity (Wildman–Crippen MR) is 101 cm³/mol. The van der Waals surface area contributed by atoms with E-state index in [1.807, 2.05) is 37.1 Å². The fourth-order valence-electron chi connectivity index (χ4n) is 3.89. The molecular formula is C20H26N4O3. The lowest BCUT2D eigenvalue weighted by Crippen LogP contribution is -2.32. The minimum atomic E-state index is 0.00386. The summed E-state index contributed by atoms with van der Waals surface area (Å²) in [6.07, 6.45) is 5.38. The largest absolute Gasteiger partial charge is 0.485 e. The van der Waals surface area contributed by atoms with Gasteiger partial charge in [-0.15, -0.1) is 0 Å². The number of anilines is 1. The fourth-order valence-corrected chi connectivity index (χ4v) is 3.89. The molecule has 4 rings (SSSR count). The molecule has 0 aromatic carbocycles. The average molecular weight is 370 g/mol. The first kappa shape index (κ1) is 17.8. The summed E-state index contributed by atoms with van der Waals surface area (Å²) >= 11 is 0. The number of ether oxygens (including phenoxy) is 1. The van der Waals surface area contributed by atoms with Crippen molar-refractivity contribution < 1.29 is 14.1 Å². The highest BCUT2D eigenvalue weighted by Crippen LogP contribution is 2.30. The summed E-state index contributed by atoms with van der Waals surface area (Å²) in [5.74, 6) is 2.57. The van der Waals surface area contributed by atoms with Crippen LogP contribution in [0.2, 0.25) is 0 Å². The van der Waals surface area contributed by atoms with Crippen LogP contribution in [0.1, 0.15) is 36.3 Å². The van der Waals surface area contributed by atoms with Crippen molar-refractivity contribution in [2.75, 3.05) is 31.1 Å². The molecule has 2 aromatic heterocycles. The second-order valence-corrected chi connectivity index (χ2v) is 7.37. The zero-order valence-corrected chi connectivity index (χ0v) is 16.0. The maximum Gasteiger partial charge on any atom is 0.227 e. The lowest BCUT2D eigenvalue weighted by Gasteiger charge is -2.22. The van der Waals surface area contributed by atoms with Crippen LogP contribution in [0.5, 0.6) is 5.75 Å². The monoisotopic (exact) mass is 370 g/mol. The van der Waals surface area contributed by atoms with Gasteiger partial charge in [0.25, 0.3) is 0 Å². The van der Waals surface area contributed by atoms with Crippen LogP contribution in [-0.2, 0) is 11.2 Å². The number of likely N-dealkylation sites (tertiary alicyclic amines) is 1. The van der Waals surface area contributed by atoms with Gasteiger partial charge in [0.2, 0.25) is 5.91 Å². The van der Waals surface area contributed by atoms with Crippen molar-refractivity contribution in [1.29, 1.82) is 0 Å². The molecule has 0 radical (unpaired) electrons. The van der Waals surface area contributed by atoms with Gasteiger partial charge >= 0.3 is 0 Å². The maximum absolute atomic E-state index is 12.7. The minimum absolute atomic E-state index is 0.00386. The lowest BCUT2D eigenvalue weighted by atomic mass is 10.1. The summed E-state index contributed by atoms with van der Waals surface area (Å²) in [6, 6.07) is 3.89. The molecule has 2 aliphatic heterocycles. The summed E-state index contributed by atoms with van der Waals surface area (Å²) < 4.78 is 11.4. The van der Waals surface area contributed by atoms with Gasteiger partial charge in [0.1, 0.15) is 11.9 Å². The molecule has 0 N–H and O–H groups in total. The van der Waals surface area contributed by atoms with E-state index < -0.39 is 0 Å². The molecule has 0 aliphatic carbocycles. The Kier molecular flexibility index (Phi) is 5.01. The van der Waals surface area contributed by atoms with E-state index >= 15 is 0 Å². The number of rotatable bonds is 5. The number of amides is 1. The Bertz CT molecular complexity index is 794. The van der Waals surface area contributed by atoms with Crippen molar-refractivity contribution in [3.05, 3.63) is 35.3 Å². The van der Waals surface area contributed by atoms with Crippen molar-refractivity contribution in [1.82, 2.24) is 15.0 Å². The standard InChI is InChI=1S/C20H26N4O3/c1-14-17(15(2)27-22-14)12-19(25)24-11-7-16(13-24)26-18-6-5-8-21-20(18)23-9-3-4-10-23/h5-6,8,16H,3-4,7,9-13H2,1-2H3. The molecular weight excluding hydrogens is 344 g/mol. The van der Waals surface area contributed by atoms with Gasteiger partial charge in [-0.05, 0) is 38.8 Å². The summed E-state index contributed by atoms with van der Waals surface area (Å²) in [5, 5.41) is 3.93. The van der Waals surface area contributed by atoms with Crippen LogP contribution in [0, 0.1) is 13.8 Å². The highest BCUT2D eigenvalue weighted by Gasteiger charge is 2.30. The molecule has 7 nitrogen and oxygen atoms in total. The summed E-state index contributed by atoms with van der Waals surface area (Å²) in [4.78, 5) is 21.4. The third-order valence-electron chi connectivity index (χ3n) is 5.46. The highest BCUT2D eigenvalue weighted by molar-refractivity contribution is 5.79. The van der Waals surface area contributed by atoms with Crippen LogP contribution in [0.3, 0.4) is 0 Å². The van der Waals surface area contributed by atoms with Crippen LogP contribution in [0.15, 0.2) is 22.9 Å². The van der Waals surface area contributed by atoms with Crippen molar-refractivity contribution in [3.63, 3.8) is 0 Å². The van der Waals surface area contributed by atoms with E-state index in [1.54, 1.807) is 0 Å². The zero-order valence-electron chi connectivity index (χ0n) is 16.0. The van der Waals surface area contributed by atoms with Gasteiger partial charge < -0.3 is 19.1 Å². The zero-order chi connectivity index (χ0) is 18.8. The molecule has 2 fully saturated rings. The number of hydrogen-bond donors (Lipinski definition) is 0. The van der Waals surface area contributed by atoms with Crippen LogP contribution in [0.4, 0.5) is 5.82 Å². The molecule has 2 aromatic rings. The van der Waals surface area contributed by atoms with Crippen LogP contribution < -0.4 is 9.64 Å². The Balaban J connectivity index is 1.38. The van der Waals surface area contributed by atoms with Crippen LogP contribution in [0.25, 0.3) is 0 Å². The first-order chi connectivity index (χ1) is 13.1. The summed E-state index contributed by atoms with van der Waals surface area (Å²) in [7, 11) is 0. The van der Waals surface area contributed by atoms with Gasteiger partial charge in [0.05, 0.1) is 18.7 Å². The van der Waals surface area contributed by atoms with Gasteiger partial charge in [-0.25, -0.2) is 4.98 Å². The number of pyridine rings is 1. The van der Waals surface area contributed by atoms with E-state index in [2.05, 4.69) is 15.0 Å². The number of nitrogens with zero attached hydrogens (tertiary/aromatic N) is 4. The molecule has 2 saturated heterocycles. The number of carbonyl (C=O) groups is 1. The molecule has 27 heavy (non-hydrogen) atoms.